The molecule has 0 bridgehead atoms. The molecule has 3 heterocycles. The Labute approximate surface area is 202 Å². The highest BCUT2D eigenvalue weighted by Gasteiger charge is 2.40. The van der Waals surface area contributed by atoms with Gasteiger partial charge in [0.05, 0.1) is 11.3 Å². The highest BCUT2D eigenvalue weighted by Crippen LogP contribution is 2.38. The SMILES string of the molecule is Cc1cc(F)cc(-c2ccc(C(=O)NS(=O)(=O)N3CC[C@H](N)C3)c(N3C[C@@H](C)CC3(C)C)n2)c1.[HH]. The zero-order valence-electron chi connectivity index (χ0n) is 20.0. The second-order valence-corrected chi connectivity index (χ2v) is 11.8. The summed E-state index contributed by atoms with van der Waals surface area (Å²) in [7, 11) is -4.04. The summed E-state index contributed by atoms with van der Waals surface area (Å²) < 4.78 is 43.1. The van der Waals surface area contributed by atoms with Crippen molar-refractivity contribution in [2.45, 2.75) is 52.1 Å². The van der Waals surface area contributed by atoms with Crippen LogP contribution < -0.4 is 15.4 Å². The van der Waals surface area contributed by atoms with Gasteiger partial charge in [0.15, 0.2) is 0 Å². The van der Waals surface area contributed by atoms with Crippen LogP contribution in [0.4, 0.5) is 10.2 Å². The number of pyridine rings is 1. The number of carbonyl (C=O) groups excluding carboxylic acids is 1. The third-order valence-electron chi connectivity index (χ3n) is 6.54. The molecule has 0 radical (unpaired) electrons. The number of hydrogen-bond donors (Lipinski definition) is 2. The van der Waals surface area contributed by atoms with Crippen molar-refractivity contribution in [3.63, 3.8) is 0 Å². The Balaban J connectivity index is 0.00000342. The Morgan fingerprint density at radius 2 is 2.00 bits per heavy atom. The lowest BCUT2D eigenvalue weighted by Crippen LogP contribution is -2.44. The van der Waals surface area contributed by atoms with Gasteiger partial charge in [-0.2, -0.15) is 12.7 Å². The number of carbonyl (C=O) groups is 1. The number of rotatable bonds is 5. The molecular formula is C24H34FN5O3S. The molecule has 2 saturated heterocycles. The summed E-state index contributed by atoms with van der Waals surface area (Å²) in [5.74, 6) is -0.368. The van der Waals surface area contributed by atoms with E-state index in [-0.39, 0.29) is 37.5 Å². The first kappa shape index (κ1) is 24.6. The van der Waals surface area contributed by atoms with E-state index in [4.69, 9.17) is 10.7 Å². The minimum absolute atomic E-state index is 0. The van der Waals surface area contributed by atoms with E-state index in [1.54, 1.807) is 19.1 Å². The average molecular weight is 492 g/mol. The van der Waals surface area contributed by atoms with Crippen LogP contribution in [0.25, 0.3) is 11.3 Å². The predicted molar refractivity (Wildman–Crippen MR) is 132 cm³/mol. The Morgan fingerprint density at radius 1 is 1.26 bits per heavy atom. The van der Waals surface area contributed by atoms with Crippen LogP contribution in [0.1, 0.15) is 51.0 Å². The number of anilines is 1. The molecule has 0 spiro atoms. The second-order valence-electron chi connectivity index (χ2n) is 10.2. The maximum Gasteiger partial charge on any atom is 0.304 e. The summed E-state index contributed by atoms with van der Waals surface area (Å²) in [5, 5.41) is 0. The number of amides is 1. The highest BCUT2D eigenvalue weighted by molar-refractivity contribution is 7.87. The monoisotopic (exact) mass is 491 g/mol. The summed E-state index contributed by atoms with van der Waals surface area (Å²) >= 11 is 0. The fourth-order valence-corrected chi connectivity index (χ4v) is 6.25. The summed E-state index contributed by atoms with van der Waals surface area (Å²) in [6, 6.07) is 7.61. The van der Waals surface area contributed by atoms with E-state index in [2.05, 4.69) is 25.5 Å². The van der Waals surface area contributed by atoms with E-state index in [1.165, 1.54) is 16.4 Å². The van der Waals surface area contributed by atoms with Gasteiger partial charge in [-0.15, -0.1) is 0 Å². The molecule has 3 N–H and O–H groups in total. The third kappa shape index (κ3) is 4.94. The maximum atomic E-state index is 14.1. The van der Waals surface area contributed by atoms with Crippen molar-refractivity contribution in [1.29, 1.82) is 0 Å². The first-order valence-electron chi connectivity index (χ1n) is 11.5. The Kier molecular flexibility index (Phi) is 6.43. The van der Waals surface area contributed by atoms with Gasteiger partial charge in [0.1, 0.15) is 11.6 Å². The molecule has 10 heteroatoms. The Bertz CT molecular complexity index is 1200. The molecule has 4 rings (SSSR count). The minimum atomic E-state index is -4.04. The first-order valence-corrected chi connectivity index (χ1v) is 12.9. The van der Waals surface area contributed by atoms with Gasteiger partial charge in [0.2, 0.25) is 0 Å². The van der Waals surface area contributed by atoms with Gasteiger partial charge in [0.25, 0.3) is 5.91 Å². The van der Waals surface area contributed by atoms with Crippen molar-refractivity contribution in [2.75, 3.05) is 24.5 Å². The molecule has 34 heavy (non-hydrogen) atoms. The summed E-state index contributed by atoms with van der Waals surface area (Å²) in [5.41, 5.74) is 7.57. The van der Waals surface area contributed by atoms with Gasteiger partial charge in [-0.3, -0.25) is 4.79 Å². The number of nitrogens with one attached hydrogen (secondary N) is 1. The largest absolute Gasteiger partial charge is 0.351 e. The van der Waals surface area contributed by atoms with Crippen molar-refractivity contribution in [1.82, 2.24) is 14.0 Å². The highest BCUT2D eigenvalue weighted by atomic mass is 32.2. The number of aryl methyl sites for hydroxylation is 1. The van der Waals surface area contributed by atoms with Gasteiger partial charge in [-0.1, -0.05) is 6.92 Å². The van der Waals surface area contributed by atoms with Crippen molar-refractivity contribution in [3.8, 4) is 11.3 Å². The molecule has 1 aromatic carbocycles. The Morgan fingerprint density at radius 3 is 2.59 bits per heavy atom. The van der Waals surface area contributed by atoms with Crippen molar-refractivity contribution < 1.29 is 19.0 Å². The maximum absolute atomic E-state index is 14.1. The normalized spacial score (nSPS) is 22.8. The van der Waals surface area contributed by atoms with E-state index in [0.717, 1.165) is 12.0 Å². The fraction of sp³-hybridized carbons (Fsp3) is 0.500. The molecule has 0 saturated carbocycles. The van der Waals surface area contributed by atoms with Crippen LogP contribution in [0.5, 0.6) is 0 Å². The second kappa shape index (κ2) is 8.90. The fourth-order valence-electron chi connectivity index (χ4n) is 5.04. The van der Waals surface area contributed by atoms with Gasteiger partial charge < -0.3 is 10.6 Å². The molecule has 2 aliphatic rings. The van der Waals surface area contributed by atoms with E-state index in [1.807, 2.05) is 11.0 Å². The van der Waals surface area contributed by atoms with E-state index in [9.17, 15) is 17.6 Å². The van der Waals surface area contributed by atoms with Gasteiger partial charge in [-0.25, -0.2) is 14.1 Å². The van der Waals surface area contributed by atoms with Crippen LogP contribution in [0.2, 0.25) is 0 Å². The van der Waals surface area contributed by atoms with Gasteiger partial charge >= 0.3 is 10.2 Å². The van der Waals surface area contributed by atoms with Gasteiger partial charge in [0, 0.05) is 38.2 Å². The van der Waals surface area contributed by atoms with E-state index in [0.29, 0.717) is 36.0 Å². The smallest absolute Gasteiger partial charge is 0.304 e. The van der Waals surface area contributed by atoms with E-state index < -0.39 is 16.1 Å². The van der Waals surface area contributed by atoms with Crippen LogP contribution in [-0.2, 0) is 10.2 Å². The summed E-state index contributed by atoms with van der Waals surface area (Å²) in [4.78, 5) is 20.1. The quantitative estimate of drug-likeness (QED) is 0.665. The number of hydrogen-bond acceptors (Lipinski definition) is 6. The topological polar surface area (TPSA) is 109 Å². The van der Waals surface area contributed by atoms with E-state index >= 15 is 0 Å². The molecule has 2 aliphatic heterocycles. The molecular weight excluding hydrogens is 457 g/mol. The first-order chi connectivity index (χ1) is 15.9. The molecule has 0 aliphatic carbocycles. The minimum Gasteiger partial charge on any atom is -0.351 e. The summed E-state index contributed by atoms with van der Waals surface area (Å²) in [6.07, 6.45) is 1.44. The summed E-state index contributed by atoms with van der Waals surface area (Å²) in [6.45, 7) is 9.17. The molecule has 2 aromatic rings. The van der Waals surface area contributed by atoms with Crippen molar-refractivity contribution >= 4 is 21.9 Å². The molecule has 0 unspecified atom stereocenters. The lowest BCUT2D eigenvalue weighted by atomic mass is 9.97. The molecule has 1 amide bonds. The number of aromatic nitrogens is 1. The number of benzene rings is 1. The molecule has 8 nitrogen and oxygen atoms in total. The van der Waals surface area contributed by atoms with Crippen LogP contribution in [0.15, 0.2) is 30.3 Å². The molecule has 1 aromatic heterocycles. The zero-order chi connectivity index (χ0) is 24.8. The average Bonchev–Trinajstić information content (AvgIpc) is 3.28. The number of halogens is 1. The third-order valence-corrected chi connectivity index (χ3v) is 7.99. The van der Waals surface area contributed by atoms with Crippen LogP contribution in [-0.4, -0.2) is 54.8 Å². The predicted octanol–water partition coefficient (Wildman–Crippen LogP) is 3.07. The number of nitrogens with zero attached hydrogens (tertiary/aromatic N) is 3. The zero-order valence-corrected chi connectivity index (χ0v) is 20.8. The van der Waals surface area contributed by atoms with Crippen molar-refractivity contribution in [2.24, 2.45) is 11.7 Å². The van der Waals surface area contributed by atoms with Crippen LogP contribution >= 0.6 is 0 Å². The molecule has 186 valence electrons. The standard InChI is InChI=1S/C24H32FN5O3S.H2/c1-15-9-17(11-18(25)10-15)21-6-5-20(22(27-21)30-13-16(2)12-24(30,3)4)23(31)28-34(32,33)29-8-7-19(26)14-29;/h5-6,9-11,16,19H,7-8,12-14,26H2,1-4H3,(H,28,31);1H/t16-,19-;/m0./s1. The van der Waals surface area contributed by atoms with Crippen LogP contribution in [0.3, 0.4) is 0 Å². The van der Waals surface area contributed by atoms with Crippen LogP contribution in [0, 0.1) is 18.7 Å². The van der Waals surface area contributed by atoms with Gasteiger partial charge in [-0.05, 0) is 75.4 Å². The lowest BCUT2D eigenvalue weighted by molar-refractivity contribution is 0.0979. The number of nitrogens with two attached hydrogens (primary N) is 1. The molecule has 2 atom stereocenters. The molecule has 2 fully saturated rings. The lowest BCUT2D eigenvalue weighted by Gasteiger charge is -2.34. The Hall–Kier alpha value is -2.56. The van der Waals surface area contributed by atoms with Crippen molar-refractivity contribution in [3.05, 3.63) is 47.3 Å².